The maximum absolute atomic E-state index is 13.6. The van der Waals surface area contributed by atoms with Gasteiger partial charge in [0.1, 0.15) is 23.9 Å². The maximum atomic E-state index is 13.6. The lowest BCUT2D eigenvalue weighted by atomic mass is 10.0. The van der Waals surface area contributed by atoms with Crippen molar-refractivity contribution in [3.05, 3.63) is 65.9 Å². The van der Waals surface area contributed by atoms with Gasteiger partial charge in [-0.3, -0.25) is 19.2 Å². The molecule has 1 heterocycles. The summed E-state index contributed by atoms with van der Waals surface area (Å²) in [6.45, 7) is 3.78. The number of carbonyl (C=O) groups excluding carboxylic acids is 4. The fraction of sp³-hybridized carbons (Fsp3) is 0.387. The van der Waals surface area contributed by atoms with Gasteiger partial charge in [0.05, 0.1) is 6.04 Å². The van der Waals surface area contributed by atoms with Gasteiger partial charge in [0, 0.05) is 36.4 Å². The van der Waals surface area contributed by atoms with Crippen LogP contribution in [0.4, 0.5) is 0 Å². The van der Waals surface area contributed by atoms with Crippen LogP contribution in [0.3, 0.4) is 0 Å². The van der Waals surface area contributed by atoms with Gasteiger partial charge in [-0.05, 0) is 48.1 Å². The summed E-state index contributed by atoms with van der Waals surface area (Å²) in [5.74, 6) is -4.03. The van der Waals surface area contributed by atoms with Crippen LogP contribution in [-0.2, 0) is 36.8 Å². The third-order valence-corrected chi connectivity index (χ3v) is 7.10. The SMILES string of the molecule is CC(C)CC(N)C(=O)NC(CCC(N)=O)C(=O)NC(Cc1ccc(O)cc1)C(=O)NC(Cc1c[nH]c2ccccc12)C(=O)O. The first-order valence-corrected chi connectivity index (χ1v) is 14.3. The Hall–Kier alpha value is -4.91. The van der Waals surface area contributed by atoms with E-state index < -0.39 is 53.8 Å². The number of phenols is 1. The molecule has 13 nitrogen and oxygen atoms in total. The van der Waals surface area contributed by atoms with Crippen LogP contribution < -0.4 is 27.4 Å². The summed E-state index contributed by atoms with van der Waals surface area (Å²) in [5.41, 5.74) is 13.3. The van der Waals surface area contributed by atoms with Crippen LogP contribution in [0.15, 0.2) is 54.7 Å². The molecule has 4 atom stereocenters. The van der Waals surface area contributed by atoms with E-state index in [0.717, 1.165) is 10.9 Å². The lowest BCUT2D eigenvalue weighted by Gasteiger charge is -2.25. The number of nitrogens with two attached hydrogens (primary N) is 2. The number of H-pyrrole nitrogens is 1. The summed E-state index contributed by atoms with van der Waals surface area (Å²) < 4.78 is 0. The highest BCUT2D eigenvalue weighted by Crippen LogP contribution is 2.19. The fourth-order valence-electron chi connectivity index (χ4n) is 4.79. The van der Waals surface area contributed by atoms with Crippen molar-refractivity contribution in [3.8, 4) is 5.75 Å². The van der Waals surface area contributed by atoms with Gasteiger partial charge in [-0.25, -0.2) is 4.79 Å². The van der Waals surface area contributed by atoms with Crippen LogP contribution in [-0.4, -0.2) is 69.0 Å². The number of para-hydroxylation sites is 1. The number of primary amides is 1. The van der Waals surface area contributed by atoms with Crippen LogP contribution in [0.5, 0.6) is 5.75 Å². The highest BCUT2D eigenvalue weighted by Gasteiger charge is 2.31. The molecular weight excluding hydrogens is 568 g/mol. The third-order valence-electron chi connectivity index (χ3n) is 7.10. The zero-order valence-electron chi connectivity index (χ0n) is 24.7. The van der Waals surface area contributed by atoms with E-state index in [-0.39, 0.29) is 37.4 Å². The van der Waals surface area contributed by atoms with Crippen molar-refractivity contribution in [1.29, 1.82) is 0 Å². The molecule has 10 N–H and O–H groups in total. The number of aromatic nitrogens is 1. The summed E-state index contributed by atoms with van der Waals surface area (Å²) >= 11 is 0. The molecule has 3 rings (SSSR count). The Morgan fingerprint density at radius 3 is 2.09 bits per heavy atom. The number of hydrogen-bond donors (Lipinski definition) is 8. The fourth-order valence-corrected chi connectivity index (χ4v) is 4.79. The minimum atomic E-state index is -1.33. The average Bonchev–Trinajstić information content (AvgIpc) is 3.37. The molecule has 1 aromatic heterocycles. The Labute approximate surface area is 254 Å². The van der Waals surface area contributed by atoms with E-state index in [2.05, 4.69) is 20.9 Å². The highest BCUT2D eigenvalue weighted by atomic mass is 16.4. The lowest BCUT2D eigenvalue weighted by Crippen LogP contribution is -2.58. The van der Waals surface area contributed by atoms with E-state index in [1.165, 1.54) is 12.1 Å². The van der Waals surface area contributed by atoms with Crippen molar-refractivity contribution in [2.45, 2.75) is 70.1 Å². The number of aromatic hydroxyl groups is 1. The number of benzene rings is 2. The second-order valence-electron chi connectivity index (χ2n) is 11.2. The molecule has 236 valence electrons. The van der Waals surface area contributed by atoms with Gasteiger partial charge in [-0.15, -0.1) is 0 Å². The number of hydrogen-bond acceptors (Lipinski definition) is 7. The Balaban J connectivity index is 1.83. The molecule has 0 aliphatic carbocycles. The van der Waals surface area contributed by atoms with Crippen molar-refractivity contribution in [3.63, 3.8) is 0 Å². The second kappa shape index (κ2) is 15.5. The van der Waals surface area contributed by atoms with Crippen molar-refractivity contribution in [2.75, 3.05) is 0 Å². The number of carbonyl (C=O) groups is 5. The monoisotopic (exact) mass is 608 g/mol. The van der Waals surface area contributed by atoms with Gasteiger partial charge in [0.2, 0.25) is 23.6 Å². The molecule has 0 saturated heterocycles. The van der Waals surface area contributed by atoms with E-state index in [1.54, 1.807) is 18.3 Å². The number of fused-ring (bicyclic) bond motifs is 1. The first-order chi connectivity index (χ1) is 20.8. The van der Waals surface area contributed by atoms with E-state index in [9.17, 15) is 34.2 Å². The summed E-state index contributed by atoms with van der Waals surface area (Å²) in [6, 6.07) is 8.51. The van der Waals surface area contributed by atoms with Crippen LogP contribution >= 0.6 is 0 Å². The zero-order chi connectivity index (χ0) is 32.4. The van der Waals surface area contributed by atoms with Crippen molar-refractivity contribution < 1.29 is 34.2 Å². The Kier molecular flexibility index (Phi) is 11.9. The Bertz CT molecular complexity index is 1470. The van der Waals surface area contributed by atoms with Crippen LogP contribution in [0, 0.1) is 5.92 Å². The number of amides is 4. The normalized spacial score (nSPS) is 13.9. The number of aromatic amines is 1. The van der Waals surface area contributed by atoms with Gasteiger partial charge in [-0.1, -0.05) is 44.2 Å². The van der Waals surface area contributed by atoms with Gasteiger partial charge in [0.25, 0.3) is 0 Å². The van der Waals surface area contributed by atoms with Crippen LogP contribution in [0.1, 0.15) is 44.2 Å². The molecule has 0 spiro atoms. The quantitative estimate of drug-likeness (QED) is 0.116. The molecule has 0 aliphatic rings. The molecule has 4 unspecified atom stereocenters. The predicted molar refractivity (Wildman–Crippen MR) is 163 cm³/mol. The Morgan fingerprint density at radius 1 is 0.841 bits per heavy atom. The number of carboxylic acids is 1. The predicted octanol–water partition coefficient (Wildman–Crippen LogP) is 0.837. The van der Waals surface area contributed by atoms with Gasteiger partial charge in [0.15, 0.2) is 0 Å². The molecule has 0 fully saturated rings. The number of carboxylic acid groups (broad SMARTS) is 1. The number of nitrogens with one attached hydrogen (secondary N) is 4. The van der Waals surface area contributed by atoms with Crippen molar-refractivity contribution in [2.24, 2.45) is 17.4 Å². The first kappa shape index (κ1) is 33.6. The van der Waals surface area contributed by atoms with E-state index in [0.29, 0.717) is 17.5 Å². The zero-order valence-corrected chi connectivity index (χ0v) is 24.7. The largest absolute Gasteiger partial charge is 0.508 e. The van der Waals surface area contributed by atoms with Crippen molar-refractivity contribution >= 4 is 40.5 Å². The minimum Gasteiger partial charge on any atom is -0.508 e. The Morgan fingerprint density at radius 2 is 1.45 bits per heavy atom. The molecular formula is C31H40N6O7. The molecule has 0 bridgehead atoms. The lowest BCUT2D eigenvalue weighted by molar-refractivity contribution is -0.142. The topological polar surface area (TPSA) is 230 Å². The van der Waals surface area contributed by atoms with Crippen LogP contribution in [0.25, 0.3) is 10.9 Å². The van der Waals surface area contributed by atoms with Gasteiger partial charge < -0.3 is 42.6 Å². The second-order valence-corrected chi connectivity index (χ2v) is 11.2. The van der Waals surface area contributed by atoms with Gasteiger partial charge >= 0.3 is 5.97 Å². The first-order valence-electron chi connectivity index (χ1n) is 14.3. The van der Waals surface area contributed by atoms with Gasteiger partial charge in [-0.2, -0.15) is 0 Å². The van der Waals surface area contributed by atoms with Crippen molar-refractivity contribution in [1.82, 2.24) is 20.9 Å². The molecule has 0 aliphatic heterocycles. The molecule has 44 heavy (non-hydrogen) atoms. The third kappa shape index (κ3) is 9.83. The van der Waals surface area contributed by atoms with Crippen LogP contribution in [0.2, 0.25) is 0 Å². The minimum absolute atomic E-state index is 0.00424. The van der Waals surface area contributed by atoms with E-state index in [4.69, 9.17) is 11.5 Å². The molecule has 3 aromatic rings. The molecule has 0 radical (unpaired) electrons. The molecule has 2 aromatic carbocycles. The number of rotatable bonds is 16. The maximum Gasteiger partial charge on any atom is 0.326 e. The highest BCUT2D eigenvalue weighted by molar-refractivity contribution is 5.94. The number of phenolic OH excluding ortho intramolecular Hbond substituents is 1. The summed E-state index contributed by atoms with van der Waals surface area (Å²) in [6.07, 6.45) is 1.56. The number of aliphatic carboxylic acids is 1. The average molecular weight is 609 g/mol. The standard InChI is InChI=1S/C31H40N6O7/c1-17(2)13-22(32)28(40)35-24(11-12-27(33)39)29(41)36-25(14-18-7-9-20(38)10-8-18)30(42)37-26(31(43)44)15-19-16-34-23-6-4-3-5-21(19)23/h3-10,16-17,22,24-26,34,38H,11-15,32H2,1-2H3,(H2,33,39)(H,35,40)(H,36,41)(H,37,42)(H,43,44). The smallest absolute Gasteiger partial charge is 0.326 e. The summed E-state index contributed by atoms with van der Waals surface area (Å²) in [4.78, 5) is 66.6. The molecule has 0 saturated carbocycles. The summed E-state index contributed by atoms with van der Waals surface area (Å²) in [7, 11) is 0. The van der Waals surface area contributed by atoms with E-state index in [1.807, 2.05) is 38.1 Å². The molecule has 4 amide bonds. The van der Waals surface area contributed by atoms with E-state index >= 15 is 0 Å². The molecule has 13 heteroatoms. The summed E-state index contributed by atoms with van der Waals surface area (Å²) in [5, 5.41) is 28.1.